The second kappa shape index (κ2) is 7.88. The molecule has 2 N–H and O–H groups in total. The van der Waals surface area contributed by atoms with E-state index >= 15 is 0 Å². The van der Waals surface area contributed by atoms with Crippen molar-refractivity contribution in [3.8, 4) is 5.75 Å². The number of amides is 4. The van der Waals surface area contributed by atoms with Crippen molar-refractivity contribution in [2.75, 3.05) is 18.5 Å². The number of hydrogen-bond acceptors (Lipinski definition) is 4. The molecular formula is C18H16ClN3O4. The third-order valence-corrected chi connectivity index (χ3v) is 4.00. The predicted octanol–water partition coefficient (Wildman–Crippen LogP) is 2.41. The summed E-state index contributed by atoms with van der Waals surface area (Å²) in [7, 11) is 0. The number of carbonyl (C=O) groups excluding carboxylic acids is 3. The SMILES string of the molecule is O=C(COc1ccccc1Cl)Nc1cccc(CN2C(=O)CNC2=O)c1. The van der Waals surface area contributed by atoms with Gasteiger partial charge in [0.05, 0.1) is 18.1 Å². The molecule has 2 aromatic rings. The molecule has 1 aliphatic heterocycles. The number of para-hydroxylation sites is 1. The number of carbonyl (C=O) groups is 3. The zero-order chi connectivity index (χ0) is 18.5. The summed E-state index contributed by atoms with van der Waals surface area (Å²) in [4.78, 5) is 36.4. The lowest BCUT2D eigenvalue weighted by Gasteiger charge is -2.13. The molecule has 0 aromatic heterocycles. The maximum absolute atomic E-state index is 12.0. The van der Waals surface area contributed by atoms with Crippen LogP contribution in [-0.4, -0.2) is 35.9 Å². The second-order valence-corrected chi connectivity index (χ2v) is 6.01. The van der Waals surface area contributed by atoms with Gasteiger partial charge < -0.3 is 15.4 Å². The van der Waals surface area contributed by atoms with Crippen molar-refractivity contribution in [3.63, 3.8) is 0 Å². The monoisotopic (exact) mass is 373 g/mol. The number of hydrogen-bond donors (Lipinski definition) is 2. The van der Waals surface area contributed by atoms with Crippen LogP contribution in [0.2, 0.25) is 5.02 Å². The van der Waals surface area contributed by atoms with E-state index in [9.17, 15) is 14.4 Å². The van der Waals surface area contributed by atoms with Gasteiger partial charge in [-0.3, -0.25) is 14.5 Å². The van der Waals surface area contributed by atoms with Gasteiger partial charge in [-0.1, -0.05) is 35.9 Å². The molecule has 0 atom stereocenters. The number of urea groups is 1. The third-order valence-electron chi connectivity index (χ3n) is 3.68. The molecule has 7 nitrogen and oxygen atoms in total. The molecule has 134 valence electrons. The summed E-state index contributed by atoms with van der Waals surface area (Å²) in [6.45, 7) is -0.0415. The minimum Gasteiger partial charge on any atom is -0.482 e. The minimum absolute atomic E-state index is 0.00858. The van der Waals surface area contributed by atoms with Gasteiger partial charge in [0.15, 0.2) is 6.61 Å². The minimum atomic E-state index is -0.419. The smallest absolute Gasteiger partial charge is 0.324 e. The molecule has 1 aliphatic rings. The van der Waals surface area contributed by atoms with Gasteiger partial charge in [-0.25, -0.2) is 4.79 Å². The number of anilines is 1. The van der Waals surface area contributed by atoms with E-state index in [1.165, 1.54) is 0 Å². The normalized spacial score (nSPS) is 13.5. The molecule has 26 heavy (non-hydrogen) atoms. The maximum Gasteiger partial charge on any atom is 0.324 e. The highest BCUT2D eigenvalue weighted by atomic mass is 35.5. The highest BCUT2D eigenvalue weighted by molar-refractivity contribution is 6.32. The van der Waals surface area contributed by atoms with Crippen molar-refractivity contribution in [2.24, 2.45) is 0 Å². The molecule has 1 saturated heterocycles. The lowest BCUT2D eigenvalue weighted by atomic mass is 10.2. The quantitative estimate of drug-likeness (QED) is 0.761. The Morgan fingerprint density at radius 2 is 2.00 bits per heavy atom. The summed E-state index contributed by atoms with van der Waals surface area (Å²) in [5, 5.41) is 5.60. The number of nitrogens with one attached hydrogen (secondary N) is 2. The van der Waals surface area contributed by atoms with Gasteiger partial charge in [0.25, 0.3) is 5.91 Å². The van der Waals surface area contributed by atoms with E-state index in [0.717, 1.165) is 10.5 Å². The molecule has 0 saturated carbocycles. The zero-order valence-corrected chi connectivity index (χ0v) is 14.5. The molecule has 0 aliphatic carbocycles. The van der Waals surface area contributed by atoms with E-state index in [1.54, 1.807) is 48.5 Å². The fourth-order valence-electron chi connectivity index (χ4n) is 2.45. The molecule has 4 amide bonds. The van der Waals surface area contributed by atoms with Crippen LogP contribution in [0.4, 0.5) is 10.5 Å². The van der Waals surface area contributed by atoms with Crippen molar-refractivity contribution in [1.29, 1.82) is 0 Å². The molecule has 3 rings (SSSR count). The summed E-state index contributed by atoms with van der Waals surface area (Å²) in [5.74, 6) is -0.203. The first-order valence-electron chi connectivity index (χ1n) is 7.87. The highest BCUT2D eigenvalue weighted by Gasteiger charge is 2.28. The van der Waals surface area contributed by atoms with Gasteiger partial charge in [-0.2, -0.15) is 0 Å². The average Bonchev–Trinajstić information content (AvgIpc) is 2.93. The van der Waals surface area contributed by atoms with Gasteiger partial charge >= 0.3 is 6.03 Å². The molecular weight excluding hydrogens is 358 g/mol. The van der Waals surface area contributed by atoms with Gasteiger partial charge in [-0.15, -0.1) is 0 Å². The highest BCUT2D eigenvalue weighted by Crippen LogP contribution is 2.23. The topological polar surface area (TPSA) is 87.7 Å². The fraction of sp³-hybridized carbons (Fsp3) is 0.167. The summed E-state index contributed by atoms with van der Waals surface area (Å²) >= 11 is 5.97. The van der Waals surface area contributed by atoms with Gasteiger partial charge in [0.2, 0.25) is 5.91 Å². The Balaban J connectivity index is 1.58. The van der Waals surface area contributed by atoms with Gasteiger partial charge in [0.1, 0.15) is 5.75 Å². The van der Waals surface area contributed by atoms with Crippen LogP contribution in [-0.2, 0) is 16.1 Å². The van der Waals surface area contributed by atoms with Gasteiger partial charge in [-0.05, 0) is 29.8 Å². The van der Waals surface area contributed by atoms with Gasteiger partial charge in [0, 0.05) is 5.69 Å². The van der Waals surface area contributed by atoms with E-state index in [2.05, 4.69) is 10.6 Å². The Bertz CT molecular complexity index is 840. The van der Waals surface area contributed by atoms with Crippen molar-refractivity contribution in [1.82, 2.24) is 10.2 Å². The van der Waals surface area contributed by atoms with Crippen LogP contribution in [0, 0.1) is 0 Å². The Kier molecular flexibility index (Phi) is 5.38. The summed E-state index contributed by atoms with van der Waals surface area (Å²) in [6, 6.07) is 13.4. The van der Waals surface area contributed by atoms with Crippen LogP contribution in [0.15, 0.2) is 48.5 Å². The zero-order valence-electron chi connectivity index (χ0n) is 13.7. The van der Waals surface area contributed by atoms with Crippen LogP contribution >= 0.6 is 11.6 Å². The number of nitrogens with zero attached hydrogens (tertiary/aromatic N) is 1. The van der Waals surface area contributed by atoms with Crippen LogP contribution in [0.5, 0.6) is 5.75 Å². The first-order valence-corrected chi connectivity index (χ1v) is 8.25. The number of halogens is 1. The van der Waals surface area contributed by atoms with Crippen molar-refractivity contribution in [3.05, 3.63) is 59.1 Å². The Labute approximate surface area is 154 Å². The largest absolute Gasteiger partial charge is 0.482 e. The Hall–Kier alpha value is -3.06. The van der Waals surface area contributed by atoms with E-state index in [0.29, 0.717) is 16.5 Å². The molecule has 0 spiro atoms. The van der Waals surface area contributed by atoms with Crippen molar-refractivity contribution in [2.45, 2.75) is 6.54 Å². The molecule has 0 bridgehead atoms. The average molecular weight is 374 g/mol. The fourth-order valence-corrected chi connectivity index (χ4v) is 2.64. The van der Waals surface area contributed by atoms with E-state index in [-0.39, 0.29) is 31.5 Å². The predicted molar refractivity (Wildman–Crippen MR) is 96.0 cm³/mol. The number of ether oxygens (including phenoxy) is 1. The number of rotatable bonds is 6. The van der Waals surface area contributed by atoms with Crippen molar-refractivity contribution >= 4 is 35.1 Å². The first-order chi connectivity index (χ1) is 12.5. The second-order valence-electron chi connectivity index (χ2n) is 5.61. The third kappa shape index (κ3) is 4.31. The van der Waals surface area contributed by atoms with E-state index < -0.39 is 6.03 Å². The lowest BCUT2D eigenvalue weighted by Crippen LogP contribution is -2.30. The molecule has 1 fully saturated rings. The molecule has 0 radical (unpaired) electrons. The maximum atomic E-state index is 12.0. The Morgan fingerprint density at radius 3 is 2.73 bits per heavy atom. The van der Waals surface area contributed by atoms with Crippen LogP contribution in [0.1, 0.15) is 5.56 Å². The Morgan fingerprint density at radius 1 is 1.19 bits per heavy atom. The molecule has 1 heterocycles. The van der Waals surface area contributed by atoms with E-state index in [4.69, 9.17) is 16.3 Å². The molecule has 2 aromatic carbocycles. The lowest BCUT2D eigenvalue weighted by molar-refractivity contribution is -0.125. The van der Waals surface area contributed by atoms with Crippen LogP contribution in [0.3, 0.4) is 0 Å². The standard InChI is InChI=1S/C18H16ClN3O4/c19-14-6-1-2-7-15(14)26-11-16(23)21-13-5-3-4-12(8-13)10-22-17(24)9-20-18(22)25/h1-8H,9-11H2,(H,20,25)(H,21,23). The van der Waals surface area contributed by atoms with Crippen LogP contribution in [0.25, 0.3) is 0 Å². The van der Waals surface area contributed by atoms with Crippen molar-refractivity contribution < 1.29 is 19.1 Å². The molecule has 8 heteroatoms. The summed E-state index contributed by atoms with van der Waals surface area (Å²) in [5.41, 5.74) is 1.27. The summed E-state index contributed by atoms with van der Waals surface area (Å²) < 4.78 is 5.39. The number of imide groups is 1. The van der Waals surface area contributed by atoms with E-state index in [1.807, 2.05) is 0 Å². The number of benzene rings is 2. The first kappa shape index (κ1) is 17.8. The summed E-state index contributed by atoms with van der Waals surface area (Å²) in [6.07, 6.45) is 0. The molecule has 0 unspecified atom stereocenters. The van der Waals surface area contributed by atoms with Crippen LogP contribution < -0.4 is 15.4 Å².